The van der Waals surface area contributed by atoms with E-state index in [2.05, 4.69) is 10.1 Å². The Balaban J connectivity index is 1.83. The lowest BCUT2D eigenvalue weighted by Crippen LogP contribution is -2.18. The summed E-state index contributed by atoms with van der Waals surface area (Å²) in [6.07, 6.45) is 0.919. The summed E-state index contributed by atoms with van der Waals surface area (Å²) in [4.78, 5) is 3.83. The summed E-state index contributed by atoms with van der Waals surface area (Å²) < 4.78 is 54.4. The van der Waals surface area contributed by atoms with Gasteiger partial charge in [0.1, 0.15) is 18.5 Å². The Morgan fingerprint density at radius 3 is 2.20 bits per heavy atom. The van der Waals surface area contributed by atoms with E-state index in [1.165, 1.54) is 18.7 Å². The van der Waals surface area contributed by atoms with Crippen molar-refractivity contribution in [1.82, 2.24) is 14.8 Å². The van der Waals surface area contributed by atoms with Crippen molar-refractivity contribution in [2.75, 3.05) is 0 Å². The van der Waals surface area contributed by atoms with Crippen LogP contribution in [-0.4, -0.2) is 20.9 Å². The lowest BCUT2D eigenvalue weighted by molar-refractivity contribution is -0.139. The molecule has 25 heavy (non-hydrogen) atoms. The maximum Gasteiger partial charge on any atom is 0.399 e. The second-order valence-electron chi connectivity index (χ2n) is 5.36. The number of allylic oxidation sites excluding steroid dienone is 1. The van der Waals surface area contributed by atoms with Gasteiger partial charge in [-0.25, -0.2) is 14.1 Å². The van der Waals surface area contributed by atoms with Crippen molar-refractivity contribution in [1.29, 1.82) is 0 Å². The monoisotopic (exact) mass is 347 g/mol. The Hall–Kier alpha value is -2.96. The molecular weight excluding hydrogens is 334 g/mol. The highest BCUT2D eigenvalue weighted by atomic mass is 19.4. The Morgan fingerprint density at radius 1 is 0.960 bits per heavy atom. The largest absolute Gasteiger partial charge is 0.399 e. The summed E-state index contributed by atoms with van der Waals surface area (Å²) in [5.74, 6) is -2.37. The molecule has 1 aromatic heterocycles. The Bertz CT molecular complexity index is 836. The van der Waals surface area contributed by atoms with E-state index in [1.807, 2.05) is 0 Å². The molecule has 128 valence electrons. The highest BCUT2D eigenvalue weighted by Crippen LogP contribution is 2.36. The van der Waals surface area contributed by atoms with Gasteiger partial charge in [-0.15, -0.1) is 0 Å². The fourth-order valence-corrected chi connectivity index (χ4v) is 2.37. The third-order valence-electron chi connectivity index (χ3n) is 3.64. The van der Waals surface area contributed by atoms with Crippen molar-refractivity contribution in [3.8, 4) is 5.69 Å². The first-order chi connectivity index (χ1) is 11.9. The molecule has 0 bridgehead atoms. The second-order valence-corrected chi connectivity index (χ2v) is 5.36. The SMILES string of the molecule is Fc1ccc(C(/C=C/c2ccc(-n3cncn3)cc2)C(F)(F)F)cc1. The van der Waals surface area contributed by atoms with Crippen LogP contribution in [-0.2, 0) is 0 Å². The van der Waals surface area contributed by atoms with E-state index in [0.29, 0.717) is 5.56 Å². The van der Waals surface area contributed by atoms with Crippen molar-refractivity contribution < 1.29 is 17.6 Å². The van der Waals surface area contributed by atoms with Crippen LogP contribution in [0, 0.1) is 5.82 Å². The molecule has 2 aromatic carbocycles. The molecule has 0 aliphatic rings. The second kappa shape index (κ2) is 6.88. The smallest absolute Gasteiger partial charge is 0.223 e. The molecule has 0 aliphatic carbocycles. The zero-order valence-electron chi connectivity index (χ0n) is 12.9. The molecule has 1 unspecified atom stereocenters. The molecule has 3 rings (SSSR count). The summed E-state index contributed by atoms with van der Waals surface area (Å²) >= 11 is 0. The molecule has 0 N–H and O–H groups in total. The number of halogens is 4. The van der Waals surface area contributed by atoms with E-state index in [9.17, 15) is 17.6 Å². The maximum absolute atomic E-state index is 13.3. The number of rotatable bonds is 4. The van der Waals surface area contributed by atoms with Crippen LogP contribution in [0.1, 0.15) is 17.0 Å². The highest BCUT2D eigenvalue weighted by molar-refractivity contribution is 5.53. The number of hydrogen-bond donors (Lipinski definition) is 0. The Labute approximate surface area is 141 Å². The number of alkyl halides is 3. The molecule has 0 fully saturated rings. The van der Waals surface area contributed by atoms with Crippen LogP contribution < -0.4 is 0 Å². The first-order valence-electron chi connectivity index (χ1n) is 7.39. The standard InChI is InChI=1S/C18H13F4N3/c19-15-6-4-14(5-7-15)17(18(20,21)22)10-3-13-1-8-16(9-2-13)25-12-23-11-24-25/h1-12,17H/b10-3+. The third-order valence-corrected chi connectivity index (χ3v) is 3.64. The summed E-state index contributed by atoms with van der Waals surface area (Å²) in [6, 6.07) is 11.2. The number of benzene rings is 2. The quantitative estimate of drug-likeness (QED) is 0.637. The lowest BCUT2D eigenvalue weighted by atomic mass is 9.97. The minimum atomic E-state index is -4.46. The van der Waals surface area contributed by atoms with Crippen molar-refractivity contribution in [2.45, 2.75) is 12.1 Å². The average molecular weight is 347 g/mol. The van der Waals surface area contributed by atoms with Gasteiger partial charge in [0.25, 0.3) is 0 Å². The van der Waals surface area contributed by atoms with Crippen molar-refractivity contribution in [3.05, 3.63) is 84.2 Å². The average Bonchev–Trinajstić information content (AvgIpc) is 3.11. The molecule has 0 aliphatic heterocycles. The lowest BCUT2D eigenvalue weighted by Gasteiger charge is -2.17. The third kappa shape index (κ3) is 4.12. The molecule has 1 atom stereocenters. The van der Waals surface area contributed by atoms with Crippen molar-refractivity contribution in [3.63, 3.8) is 0 Å². The minimum Gasteiger partial charge on any atom is -0.223 e. The van der Waals surface area contributed by atoms with Gasteiger partial charge in [0.05, 0.1) is 11.6 Å². The van der Waals surface area contributed by atoms with E-state index < -0.39 is 17.9 Å². The zero-order valence-corrected chi connectivity index (χ0v) is 12.9. The van der Waals surface area contributed by atoms with Crippen LogP contribution in [0.3, 0.4) is 0 Å². The topological polar surface area (TPSA) is 30.7 Å². The summed E-state index contributed by atoms with van der Waals surface area (Å²) in [5, 5.41) is 3.98. The fourth-order valence-electron chi connectivity index (χ4n) is 2.37. The first-order valence-corrected chi connectivity index (χ1v) is 7.39. The van der Waals surface area contributed by atoms with E-state index in [0.717, 1.165) is 36.0 Å². The molecule has 0 radical (unpaired) electrons. The number of hydrogen-bond acceptors (Lipinski definition) is 2. The number of aromatic nitrogens is 3. The molecular formula is C18H13F4N3. The van der Waals surface area contributed by atoms with Gasteiger partial charge in [0, 0.05) is 0 Å². The molecule has 7 heteroatoms. The van der Waals surface area contributed by atoms with Gasteiger partial charge in [-0.05, 0) is 35.4 Å². The number of nitrogens with zero attached hydrogens (tertiary/aromatic N) is 3. The van der Waals surface area contributed by atoms with Gasteiger partial charge in [-0.3, -0.25) is 0 Å². The van der Waals surface area contributed by atoms with Crippen LogP contribution >= 0.6 is 0 Å². The highest BCUT2D eigenvalue weighted by Gasteiger charge is 2.38. The van der Waals surface area contributed by atoms with E-state index in [4.69, 9.17) is 0 Å². The minimum absolute atomic E-state index is 0.00983. The Morgan fingerprint density at radius 2 is 1.64 bits per heavy atom. The van der Waals surface area contributed by atoms with E-state index in [1.54, 1.807) is 28.9 Å². The summed E-state index contributed by atoms with van der Waals surface area (Å²) in [7, 11) is 0. The van der Waals surface area contributed by atoms with Gasteiger partial charge in [-0.1, -0.05) is 36.4 Å². The van der Waals surface area contributed by atoms with Gasteiger partial charge < -0.3 is 0 Å². The molecule has 0 saturated heterocycles. The van der Waals surface area contributed by atoms with Crippen LogP contribution in [0.25, 0.3) is 11.8 Å². The van der Waals surface area contributed by atoms with Crippen molar-refractivity contribution >= 4 is 6.08 Å². The van der Waals surface area contributed by atoms with Crippen molar-refractivity contribution in [2.24, 2.45) is 0 Å². The molecule has 0 spiro atoms. The maximum atomic E-state index is 13.3. The Kier molecular flexibility index (Phi) is 4.65. The van der Waals surface area contributed by atoms with E-state index >= 15 is 0 Å². The zero-order chi connectivity index (χ0) is 17.9. The molecule has 0 saturated carbocycles. The van der Waals surface area contributed by atoms with Gasteiger partial charge >= 0.3 is 6.18 Å². The van der Waals surface area contributed by atoms with Crippen LogP contribution in [0.15, 0.2) is 67.3 Å². The van der Waals surface area contributed by atoms with Crippen LogP contribution in [0.4, 0.5) is 17.6 Å². The molecule has 3 nitrogen and oxygen atoms in total. The predicted octanol–water partition coefficient (Wildman–Crippen LogP) is 4.77. The predicted molar refractivity (Wildman–Crippen MR) is 85.6 cm³/mol. The molecule has 3 aromatic rings. The van der Waals surface area contributed by atoms with Crippen LogP contribution in [0.5, 0.6) is 0 Å². The van der Waals surface area contributed by atoms with Crippen LogP contribution in [0.2, 0.25) is 0 Å². The van der Waals surface area contributed by atoms with Gasteiger partial charge in [0.15, 0.2) is 0 Å². The van der Waals surface area contributed by atoms with Gasteiger partial charge in [-0.2, -0.15) is 18.3 Å². The van der Waals surface area contributed by atoms with E-state index in [-0.39, 0.29) is 5.56 Å². The molecule has 0 amide bonds. The van der Waals surface area contributed by atoms with Gasteiger partial charge in [0.2, 0.25) is 0 Å². The summed E-state index contributed by atoms with van der Waals surface area (Å²) in [6.45, 7) is 0. The summed E-state index contributed by atoms with van der Waals surface area (Å²) in [5.41, 5.74) is 1.35. The first kappa shape index (κ1) is 16.9. The molecule has 1 heterocycles. The normalized spacial score (nSPS) is 13.3. The fraction of sp³-hybridized carbons (Fsp3) is 0.111.